The number of benzene rings is 1. The zero-order chi connectivity index (χ0) is 16.2. The fraction of sp³-hybridized carbons (Fsp3) is 0.533. The van der Waals surface area contributed by atoms with Gasteiger partial charge in [0, 0.05) is 12.6 Å². The largest absolute Gasteiger partial charge is 0.302 e. The van der Waals surface area contributed by atoms with Gasteiger partial charge in [-0.25, -0.2) is 13.1 Å². The Morgan fingerprint density at radius 2 is 2.27 bits per heavy atom. The number of hydrogen-bond donors (Lipinski definition) is 1. The molecule has 1 atom stereocenters. The van der Waals surface area contributed by atoms with Crippen LogP contribution in [0.1, 0.15) is 31.7 Å². The third-order valence-electron chi connectivity index (χ3n) is 3.72. The molecule has 1 saturated heterocycles. The molecule has 1 N–H and O–H groups in total. The Balaban J connectivity index is 2.12. The minimum atomic E-state index is -3.67. The first-order valence-electron chi connectivity index (χ1n) is 7.40. The number of sulfonamides is 1. The predicted octanol–water partition coefficient (Wildman–Crippen LogP) is 2.36. The maximum absolute atomic E-state index is 12.5. The predicted molar refractivity (Wildman–Crippen MR) is 86.2 cm³/mol. The van der Waals surface area contributed by atoms with E-state index in [4.69, 9.17) is 16.9 Å². The lowest BCUT2D eigenvalue weighted by atomic mass is 10.1. The van der Waals surface area contributed by atoms with E-state index in [0.717, 1.165) is 38.9 Å². The van der Waals surface area contributed by atoms with Gasteiger partial charge in [-0.1, -0.05) is 18.5 Å². The SMILES string of the molecule is CCCN1CCCC(NS(=O)(=O)c2ccc(C#N)cc2Cl)C1. The molecule has 7 heteroatoms. The van der Waals surface area contributed by atoms with Crippen molar-refractivity contribution < 1.29 is 8.42 Å². The van der Waals surface area contributed by atoms with Crippen LogP contribution >= 0.6 is 11.6 Å². The van der Waals surface area contributed by atoms with Crippen LogP contribution in [0.5, 0.6) is 0 Å². The fourth-order valence-electron chi connectivity index (χ4n) is 2.74. The second-order valence-corrected chi connectivity index (χ2v) is 7.61. The molecule has 0 bridgehead atoms. The van der Waals surface area contributed by atoms with Crippen LogP contribution in [0, 0.1) is 11.3 Å². The van der Waals surface area contributed by atoms with Gasteiger partial charge in [0.1, 0.15) is 4.90 Å². The lowest BCUT2D eigenvalue weighted by Gasteiger charge is -2.32. The maximum atomic E-state index is 12.5. The highest BCUT2D eigenvalue weighted by molar-refractivity contribution is 7.89. The number of likely N-dealkylation sites (tertiary alicyclic amines) is 1. The van der Waals surface area contributed by atoms with Gasteiger partial charge >= 0.3 is 0 Å². The number of rotatable bonds is 5. The molecule has 0 spiro atoms. The maximum Gasteiger partial charge on any atom is 0.242 e. The molecule has 0 amide bonds. The van der Waals surface area contributed by atoms with Crippen molar-refractivity contribution in [2.24, 2.45) is 0 Å². The van der Waals surface area contributed by atoms with Crippen molar-refractivity contribution in [3.8, 4) is 6.07 Å². The lowest BCUT2D eigenvalue weighted by molar-refractivity contribution is 0.202. The van der Waals surface area contributed by atoms with Crippen molar-refractivity contribution >= 4 is 21.6 Å². The summed E-state index contributed by atoms with van der Waals surface area (Å²) in [6.45, 7) is 4.84. The second kappa shape index (κ2) is 7.42. The van der Waals surface area contributed by atoms with Gasteiger partial charge in [-0.15, -0.1) is 0 Å². The number of hydrogen-bond acceptors (Lipinski definition) is 4. The van der Waals surface area contributed by atoms with Crippen molar-refractivity contribution in [1.29, 1.82) is 5.26 Å². The van der Waals surface area contributed by atoms with Crippen molar-refractivity contribution in [2.45, 2.75) is 37.1 Å². The molecular weight excluding hydrogens is 322 g/mol. The van der Waals surface area contributed by atoms with Crippen LogP contribution in [0.3, 0.4) is 0 Å². The van der Waals surface area contributed by atoms with Crippen LogP contribution < -0.4 is 4.72 Å². The number of nitrogens with one attached hydrogen (secondary N) is 1. The van der Waals surface area contributed by atoms with Crippen molar-refractivity contribution in [1.82, 2.24) is 9.62 Å². The summed E-state index contributed by atoms with van der Waals surface area (Å²) in [6, 6.07) is 6.06. The molecule has 1 aromatic rings. The zero-order valence-corrected chi connectivity index (χ0v) is 14.1. The molecule has 5 nitrogen and oxygen atoms in total. The molecule has 120 valence electrons. The van der Waals surface area contributed by atoms with E-state index in [1.807, 2.05) is 6.07 Å². The van der Waals surface area contributed by atoms with Crippen LogP contribution in [0.2, 0.25) is 5.02 Å². The summed E-state index contributed by atoms with van der Waals surface area (Å²) in [5.41, 5.74) is 0.343. The summed E-state index contributed by atoms with van der Waals surface area (Å²) in [5, 5.41) is 8.89. The first-order valence-corrected chi connectivity index (χ1v) is 9.26. The van der Waals surface area contributed by atoms with Crippen LogP contribution in [0.4, 0.5) is 0 Å². The smallest absolute Gasteiger partial charge is 0.242 e. The van der Waals surface area contributed by atoms with Crippen LogP contribution in [-0.4, -0.2) is 39.0 Å². The van der Waals surface area contributed by atoms with Gasteiger partial charge < -0.3 is 4.90 Å². The molecule has 0 saturated carbocycles. The lowest BCUT2D eigenvalue weighted by Crippen LogP contribution is -2.47. The van der Waals surface area contributed by atoms with Gasteiger partial charge in [-0.3, -0.25) is 0 Å². The highest BCUT2D eigenvalue weighted by Crippen LogP contribution is 2.23. The molecule has 1 aliphatic rings. The second-order valence-electron chi connectivity index (χ2n) is 5.52. The number of nitrogens with zero attached hydrogens (tertiary/aromatic N) is 2. The molecular formula is C15H20ClN3O2S. The van der Waals surface area contributed by atoms with Crippen molar-refractivity contribution in [3.05, 3.63) is 28.8 Å². The molecule has 1 fully saturated rings. The van der Waals surface area contributed by atoms with E-state index in [2.05, 4.69) is 16.5 Å². The monoisotopic (exact) mass is 341 g/mol. The molecule has 2 rings (SSSR count). The molecule has 0 aliphatic carbocycles. The minimum Gasteiger partial charge on any atom is -0.302 e. The van der Waals surface area contributed by atoms with Crippen molar-refractivity contribution in [3.63, 3.8) is 0 Å². The van der Waals surface area contributed by atoms with Crippen LogP contribution in [0.15, 0.2) is 23.1 Å². The third kappa shape index (κ3) is 4.20. The van der Waals surface area contributed by atoms with Gasteiger partial charge in [0.05, 0.1) is 16.7 Å². The third-order valence-corrected chi connectivity index (χ3v) is 5.72. The van der Waals surface area contributed by atoms with Gasteiger partial charge in [0.15, 0.2) is 0 Å². The Hall–Kier alpha value is -1.13. The van der Waals surface area contributed by atoms with E-state index in [0.29, 0.717) is 5.56 Å². The van der Waals surface area contributed by atoms with E-state index in [-0.39, 0.29) is 16.0 Å². The van der Waals surface area contributed by atoms with E-state index in [1.165, 1.54) is 18.2 Å². The van der Waals surface area contributed by atoms with E-state index < -0.39 is 10.0 Å². The summed E-state index contributed by atoms with van der Waals surface area (Å²) in [7, 11) is -3.67. The Bertz CT molecular complexity index is 668. The average molecular weight is 342 g/mol. The van der Waals surface area contributed by atoms with E-state index in [1.54, 1.807) is 0 Å². The Labute approximate surface area is 136 Å². The average Bonchev–Trinajstić information content (AvgIpc) is 2.47. The number of nitriles is 1. The highest BCUT2D eigenvalue weighted by atomic mass is 35.5. The first-order chi connectivity index (χ1) is 10.5. The van der Waals surface area contributed by atoms with E-state index >= 15 is 0 Å². The summed E-state index contributed by atoms with van der Waals surface area (Å²) in [6.07, 6.45) is 2.86. The Morgan fingerprint density at radius 1 is 1.50 bits per heavy atom. The first kappa shape index (κ1) is 17.2. The summed E-state index contributed by atoms with van der Waals surface area (Å²) in [4.78, 5) is 2.30. The standard InChI is InChI=1S/C15H20ClN3O2S/c1-2-7-19-8-3-4-13(11-19)18-22(20,21)15-6-5-12(10-17)9-14(15)16/h5-6,9,13,18H,2-4,7-8,11H2,1H3. The minimum absolute atomic E-state index is 0.0285. The van der Waals surface area contributed by atoms with Crippen LogP contribution in [0.25, 0.3) is 0 Å². The van der Waals surface area contributed by atoms with Gasteiger partial charge in [0.25, 0.3) is 0 Å². The topological polar surface area (TPSA) is 73.2 Å². The summed E-state index contributed by atoms with van der Waals surface area (Å²) in [5.74, 6) is 0. The molecule has 22 heavy (non-hydrogen) atoms. The Morgan fingerprint density at radius 3 is 2.91 bits per heavy atom. The summed E-state index contributed by atoms with van der Waals surface area (Å²) >= 11 is 6.01. The van der Waals surface area contributed by atoms with Crippen LogP contribution in [-0.2, 0) is 10.0 Å². The Kier molecular flexibility index (Phi) is 5.81. The normalized spacial score (nSPS) is 19.8. The number of piperidine rings is 1. The fourth-order valence-corrected chi connectivity index (χ4v) is 4.55. The van der Waals surface area contributed by atoms with Gasteiger partial charge in [0.2, 0.25) is 10.0 Å². The quantitative estimate of drug-likeness (QED) is 0.892. The molecule has 1 unspecified atom stereocenters. The number of halogens is 1. The summed E-state index contributed by atoms with van der Waals surface area (Å²) < 4.78 is 27.7. The molecule has 1 aliphatic heterocycles. The molecule has 0 aromatic heterocycles. The zero-order valence-electron chi connectivity index (χ0n) is 12.5. The molecule has 0 radical (unpaired) electrons. The molecule has 1 aromatic carbocycles. The van der Waals surface area contributed by atoms with Gasteiger partial charge in [-0.2, -0.15) is 5.26 Å². The highest BCUT2D eigenvalue weighted by Gasteiger charge is 2.26. The van der Waals surface area contributed by atoms with Crippen molar-refractivity contribution in [2.75, 3.05) is 19.6 Å². The van der Waals surface area contributed by atoms with Gasteiger partial charge in [-0.05, 0) is 50.6 Å². The molecule has 1 heterocycles. The van der Waals surface area contributed by atoms with E-state index in [9.17, 15) is 8.42 Å².